The van der Waals surface area contributed by atoms with Crippen LogP contribution in [0.25, 0.3) is 0 Å². The van der Waals surface area contributed by atoms with Gasteiger partial charge in [-0.25, -0.2) is 0 Å². The number of amides is 1. The first kappa shape index (κ1) is 8.75. The molecule has 3 N–H and O–H groups in total. The van der Waals surface area contributed by atoms with Crippen LogP contribution in [0, 0.1) is 0 Å². The van der Waals surface area contributed by atoms with Gasteiger partial charge in [0.1, 0.15) is 0 Å². The highest BCUT2D eigenvalue weighted by atomic mass is 16.1. The Kier molecular flexibility index (Phi) is 5.14. The van der Waals surface area contributed by atoms with Crippen LogP contribution in [0.5, 0.6) is 0 Å². The molecular formula is C7H12N2O. The quantitative estimate of drug-likeness (QED) is 0.431. The van der Waals surface area contributed by atoms with Crippen molar-refractivity contribution in [2.75, 3.05) is 6.54 Å². The van der Waals surface area contributed by atoms with Crippen LogP contribution in [0.2, 0.25) is 0 Å². The Hall–Kier alpha value is -1.25. The summed E-state index contributed by atoms with van der Waals surface area (Å²) in [7, 11) is 0. The predicted octanol–water partition coefficient (Wildman–Crippen LogP) is 0.151. The lowest BCUT2D eigenvalue weighted by Gasteiger charge is -1.95. The molecule has 0 aromatic rings. The third-order valence-electron chi connectivity index (χ3n) is 0.932. The summed E-state index contributed by atoms with van der Waals surface area (Å²) in [5.41, 5.74) is 5.06. The topological polar surface area (TPSA) is 55.1 Å². The Bertz CT molecular complexity index is 141. The summed E-state index contributed by atoms with van der Waals surface area (Å²) in [4.78, 5) is 10.5. The standard InChI is InChI=1S/C7H12N2O/c1-2-7(10)9-6-4-3-5-8/h2-3,5H,1,4,6,8H2,(H,9,10). The fourth-order valence-corrected chi connectivity index (χ4v) is 0.447. The van der Waals surface area contributed by atoms with Gasteiger partial charge in [-0.3, -0.25) is 4.79 Å². The van der Waals surface area contributed by atoms with Gasteiger partial charge in [0.25, 0.3) is 0 Å². The Morgan fingerprint density at radius 2 is 2.40 bits per heavy atom. The molecule has 0 bridgehead atoms. The van der Waals surface area contributed by atoms with E-state index in [1.165, 1.54) is 12.3 Å². The van der Waals surface area contributed by atoms with E-state index in [1.807, 2.05) is 0 Å². The average molecular weight is 140 g/mol. The second-order valence-electron chi connectivity index (χ2n) is 1.71. The molecule has 3 heteroatoms. The van der Waals surface area contributed by atoms with Gasteiger partial charge in [-0.1, -0.05) is 12.7 Å². The molecule has 0 aliphatic carbocycles. The number of rotatable bonds is 4. The van der Waals surface area contributed by atoms with Gasteiger partial charge in [-0.05, 0) is 18.7 Å². The van der Waals surface area contributed by atoms with Gasteiger partial charge in [0.05, 0.1) is 0 Å². The molecule has 0 aromatic carbocycles. The summed E-state index contributed by atoms with van der Waals surface area (Å²) < 4.78 is 0. The smallest absolute Gasteiger partial charge is 0.243 e. The molecular weight excluding hydrogens is 128 g/mol. The van der Waals surface area contributed by atoms with Crippen molar-refractivity contribution in [3.8, 4) is 0 Å². The van der Waals surface area contributed by atoms with E-state index in [1.54, 1.807) is 6.08 Å². The van der Waals surface area contributed by atoms with E-state index < -0.39 is 0 Å². The number of hydrogen-bond acceptors (Lipinski definition) is 2. The number of nitrogens with two attached hydrogens (primary N) is 1. The molecule has 0 unspecified atom stereocenters. The highest BCUT2D eigenvalue weighted by Crippen LogP contribution is 1.76. The lowest BCUT2D eigenvalue weighted by molar-refractivity contribution is -0.116. The third kappa shape index (κ3) is 4.90. The van der Waals surface area contributed by atoms with Crippen molar-refractivity contribution in [1.82, 2.24) is 5.32 Å². The summed E-state index contributed by atoms with van der Waals surface area (Å²) in [6.07, 6.45) is 5.24. The van der Waals surface area contributed by atoms with Crippen LogP contribution < -0.4 is 11.1 Å². The van der Waals surface area contributed by atoms with E-state index in [4.69, 9.17) is 5.73 Å². The van der Waals surface area contributed by atoms with Crippen LogP contribution in [0.3, 0.4) is 0 Å². The summed E-state index contributed by atoms with van der Waals surface area (Å²) in [6, 6.07) is 0. The van der Waals surface area contributed by atoms with E-state index in [9.17, 15) is 4.79 Å². The molecule has 0 atom stereocenters. The first-order valence-corrected chi connectivity index (χ1v) is 3.08. The molecule has 1 amide bonds. The highest BCUT2D eigenvalue weighted by molar-refractivity contribution is 5.86. The van der Waals surface area contributed by atoms with Gasteiger partial charge in [-0.2, -0.15) is 0 Å². The van der Waals surface area contributed by atoms with Crippen LogP contribution in [-0.2, 0) is 4.79 Å². The molecule has 0 aromatic heterocycles. The number of hydrogen-bond donors (Lipinski definition) is 2. The molecule has 0 saturated carbocycles. The first-order valence-electron chi connectivity index (χ1n) is 3.08. The fourth-order valence-electron chi connectivity index (χ4n) is 0.447. The molecule has 56 valence electrons. The largest absolute Gasteiger partial charge is 0.405 e. The van der Waals surface area contributed by atoms with E-state index in [0.717, 1.165) is 6.42 Å². The number of carbonyl (C=O) groups is 1. The maximum absolute atomic E-state index is 10.5. The van der Waals surface area contributed by atoms with Crippen molar-refractivity contribution >= 4 is 5.91 Å². The summed E-state index contributed by atoms with van der Waals surface area (Å²) in [6.45, 7) is 3.91. The normalized spacial score (nSPS) is 9.60. The molecule has 3 nitrogen and oxygen atoms in total. The molecule has 0 rings (SSSR count). The zero-order chi connectivity index (χ0) is 7.82. The van der Waals surface area contributed by atoms with Crippen molar-refractivity contribution < 1.29 is 4.79 Å². The van der Waals surface area contributed by atoms with Crippen LogP contribution in [0.4, 0.5) is 0 Å². The molecule has 0 spiro atoms. The molecule has 0 radical (unpaired) electrons. The second kappa shape index (κ2) is 5.88. The molecule has 0 fully saturated rings. The minimum atomic E-state index is -0.148. The lowest BCUT2D eigenvalue weighted by Crippen LogP contribution is -2.21. The molecule has 0 saturated heterocycles. The van der Waals surface area contributed by atoms with Crippen LogP contribution in [0.15, 0.2) is 24.9 Å². The number of nitrogens with one attached hydrogen (secondary N) is 1. The predicted molar refractivity (Wildman–Crippen MR) is 41.2 cm³/mol. The Morgan fingerprint density at radius 3 is 2.90 bits per heavy atom. The summed E-state index contributed by atoms with van der Waals surface area (Å²) in [5.74, 6) is -0.148. The SMILES string of the molecule is C=CC(=O)NCCC=CN. The average Bonchev–Trinajstić information content (AvgIpc) is 1.98. The second-order valence-corrected chi connectivity index (χ2v) is 1.71. The van der Waals surface area contributed by atoms with Gasteiger partial charge in [0.15, 0.2) is 0 Å². The fraction of sp³-hybridized carbons (Fsp3) is 0.286. The van der Waals surface area contributed by atoms with Crippen LogP contribution >= 0.6 is 0 Å². The van der Waals surface area contributed by atoms with Crippen molar-refractivity contribution in [2.45, 2.75) is 6.42 Å². The van der Waals surface area contributed by atoms with E-state index in [-0.39, 0.29) is 5.91 Å². The molecule has 0 aliphatic rings. The van der Waals surface area contributed by atoms with Gasteiger partial charge >= 0.3 is 0 Å². The summed E-state index contributed by atoms with van der Waals surface area (Å²) in [5, 5.41) is 2.60. The van der Waals surface area contributed by atoms with Crippen molar-refractivity contribution in [1.29, 1.82) is 0 Å². The zero-order valence-corrected chi connectivity index (χ0v) is 5.84. The van der Waals surface area contributed by atoms with Crippen molar-refractivity contribution in [2.24, 2.45) is 5.73 Å². The number of carbonyl (C=O) groups excluding carboxylic acids is 1. The van der Waals surface area contributed by atoms with Gasteiger partial charge < -0.3 is 11.1 Å². The Balaban J connectivity index is 3.19. The maximum atomic E-state index is 10.5. The van der Waals surface area contributed by atoms with Gasteiger partial charge in [0, 0.05) is 6.54 Å². The summed E-state index contributed by atoms with van der Waals surface area (Å²) >= 11 is 0. The lowest BCUT2D eigenvalue weighted by atomic mass is 10.4. The zero-order valence-electron chi connectivity index (χ0n) is 5.84. The van der Waals surface area contributed by atoms with Crippen molar-refractivity contribution in [3.63, 3.8) is 0 Å². The van der Waals surface area contributed by atoms with E-state index in [2.05, 4.69) is 11.9 Å². The monoisotopic (exact) mass is 140 g/mol. The van der Waals surface area contributed by atoms with Gasteiger partial charge in [0.2, 0.25) is 5.91 Å². The third-order valence-corrected chi connectivity index (χ3v) is 0.932. The van der Waals surface area contributed by atoms with Crippen molar-refractivity contribution in [3.05, 3.63) is 24.9 Å². The maximum Gasteiger partial charge on any atom is 0.243 e. The Morgan fingerprint density at radius 1 is 1.70 bits per heavy atom. The minimum absolute atomic E-state index is 0.148. The van der Waals surface area contributed by atoms with Crippen LogP contribution in [0.1, 0.15) is 6.42 Å². The molecule has 10 heavy (non-hydrogen) atoms. The first-order chi connectivity index (χ1) is 4.81. The van der Waals surface area contributed by atoms with E-state index >= 15 is 0 Å². The van der Waals surface area contributed by atoms with Gasteiger partial charge in [-0.15, -0.1) is 0 Å². The Labute approximate surface area is 60.6 Å². The van der Waals surface area contributed by atoms with Crippen LogP contribution in [-0.4, -0.2) is 12.5 Å². The molecule has 0 heterocycles. The van der Waals surface area contributed by atoms with E-state index in [0.29, 0.717) is 6.54 Å². The molecule has 0 aliphatic heterocycles. The minimum Gasteiger partial charge on any atom is -0.405 e. The highest BCUT2D eigenvalue weighted by Gasteiger charge is 1.88.